The zero-order chi connectivity index (χ0) is 17.7. The SMILES string of the molecule is CNCC1CCCN1C(=O)c1cc(Cl)c(OCC(N)=O)c(OC)c1.Cl. The van der Waals surface area contributed by atoms with Gasteiger partial charge in [0.05, 0.1) is 12.1 Å². The molecule has 0 bridgehead atoms. The highest BCUT2D eigenvalue weighted by Crippen LogP contribution is 2.37. The molecule has 1 unspecified atom stereocenters. The Morgan fingerprint density at radius 2 is 2.16 bits per heavy atom. The van der Waals surface area contributed by atoms with E-state index < -0.39 is 5.91 Å². The molecule has 1 aliphatic rings. The molecule has 1 atom stereocenters. The predicted octanol–water partition coefficient (Wildman–Crippen LogP) is 1.46. The lowest BCUT2D eigenvalue weighted by molar-refractivity contribution is -0.119. The minimum Gasteiger partial charge on any atom is -0.493 e. The molecule has 7 nitrogen and oxygen atoms in total. The van der Waals surface area contributed by atoms with Gasteiger partial charge in [0.1, 0.15) is 0 Å². The molecule has 0 saturated carbocycles. The number of benzene rings is 1. The van der Waals surface area contributed by atoms with Gasteiger partial charge in [-0.05, 0) is 32.0 Å². The van der Waals surface area contributed by atoms with Crippen LogP contribution in [0.25, 0.3) is 0 Å². The summed E-state index contributed by atoms with van der Waals surface area (Å²) in [6, 6.07) is 3.26. The van der Waals surface area contributed by atoms with E-state index in [1.807, 2.05) is 11.9 Å². The number of ether oxygens (including phenoxy) is 2. The Kier molecular flexibility index (Phi) is 8.28. The fourth-order valence-electron chi connectivity index (χ4n) is 2.84. The van der Waals surface area contributed by atoms with Crippen molar-refractivity contribution < 1.29 is 19.1 Å². The van der Waals surface area contributed by atoms with E-state index in [4.69, 9.17) is 26.8 Å². The summed E-state index contributed by atoms with van der Waals surface area (Å²) in [5.41, 5.74) is 5.49. The van der Waals surface area contributed by atoms with Crippen LogP contribution in [0.5, 0.6) is 11.5 Å². The minimum atomic E-state index is -0.625. The second-order valence-corrected chi connectivity index (χ2v) is 6.00. The van der Waals surface area contributed by atoms with Crippen molar-refractivity contribution in [3.63, 3.8) is 0 Å². The van der Waals surface area contributed by atoms with Gasteiger partial charge in [-0.1, -0.05) is 11.6 Å². The van der Waals surface area contributed by atoms with Crippen molar-refractivity contribution in [1.82, 2.24) is 10.2 Å². The first-order valence-corrected chi connectivity index (χ1v) is 8.10. The molecule has 0 radical (unpaired) electrons. The van der Waals surface area contributed by atoms with E-state index >= 15 is 0 Å². The molecule has 1 saturated heterocycles. The molecule has 0 aromatic heterocycles. The van der Waals surface area contributed by atoms with Gasteiger partial charge >= 0.3 is 0 Å². The molecular weight excluding hydrogens is 369 g/mol. The molecule has 1 aromatic rings. The van der Waals surface area contributed by atoms with E-state index in [1.165, 1.54) is 13.2 Å². The summed E-state index contributed by atoms with van der Waals surface area (Å²) in [6.45, 7) is 1.14. The lowest BCUT2D eigenvalue weighted by atomic mass is 10.1. The third-order valence-electron chi connectivity index (χ3n) is 3.91. The highest BCUT2D eigenvalue weighted by Gasteiger charge is 2.30. The van der Waals surface area contributed by atoms with E-state index in [2.05, 4.69) is 5.32 Å². The average molecular weight is 392 g/mol. The molecule has 1 fully saturated rings. The van der Waals surface area contributed by atoms with Gasteiger partial charge in [0.25, 0.3) is 11.8 Å². The number of primary amides is 1. The zero-order valence-corrected chi connectivity index (χ0v) is 15.8. The van der Waals surface area contributed by atoms with Crippen molar-refractivity contribution in [2.24, 2.45) is 5.73 Å². The number of likely N-dealkylation sites (N-methyl/N-ethyl adjacent to an activating group) is 1. The number of nitrogens with zero attached hydrogens (tertiary/aromatic N) is 1. The monoisotopic (exact) mass is 391 g/mol. The summed E-state index contributed by atoms with van der Waals surface area (Å²) in [5, 5.41) is 3.31. The first kappa shape index (κ1) is 21.3. The summed E-state index contributed by atoms with van der Waals surface area (Å²) in [6.07, 6.45) is 1.94. The number of nitrogens with two attached hydrogens (primary N) is 1. The van der Waals surface area contributed by atoms with Gasteiger partial charge in [-0.25, -0.2) is 0 Å². The van der Waals surface area contributed by atoms with Crippen molar-refractivity contribution in [1.29, 1.82) is 0 Å². The Balaban J connectivity index is 0.00000312. The van der Waals surface area contributed by atoms with Gasteiger partial charge in [-0.2, -0.15) is 0 Å². The van der Waals surface area contributed by atoms with Crippen LogP contribution in [0.4, 0.5) is 0 Å². The molecule has 9 heteroatoms. The van der Waals surface area contributed by atoms with Gasteiger partial charge in [-0.3, -0.25) is 9.59 Å². The van der Waals surface area contributed by atoms with Crippen LogP contribution in [-0.4, -0.2) is 56.6 Å². The van der Waals surface area contributed by atoms with Gasteiger partial charge < -0.3 is 25.4 Å². The lowest BCUT2D eigenvalue weighted by Gasteiger charge is -2.25. The first-order valence-electron chi connectivity index (χ1n) is 7.72. The normalized spacial score (nSPS) is 16.3. The number of likely N-dealkylation sites (tertiary alicyclic amines) is 1. The fourth-order valence-corrected chi connectivity index (χ4v) is 3.11. The smallest absolute Gasteiger partial charge is 0.255 e. The molecule has 1 aliphatic heterocycles. The summed E-state index contributed by atoms with van der Waals surface area (Å²) in [7, 11) is 3.31. The summed E-state index contributed by atoms with van der Waals surface area (Å²) >= 11 is 6.20. The Morgan fingerprint density at radius 3 is 2.76 bits per heavy atom. The lowest BCUT2D eigenvalue weighted by Crippen LogP contribution is -2.40. The summed E-state index contributed by atoms with van der Waals surface area (Å²) in [5.74, 6) is -0.242. The van der Waals surface area contributed by atoms with E-state index in [0.717, 1.165) is 19.4 Å². The minimum absolute atomic E-state index is 0. The number of nitrogens with one attached hydrogen (secondary N) is 1. The van der Waals surface area contributed by atoms with Crippen LogP contribution in [0.1, 0.15) is 23.2 Å². The quantitative estimate of drug-likeness (QED) is 0.733. The van der Waals surface area contributed by atoms with Crippen LogP contribution in [0.3, 0.4) is 0 Å². The Labute approximate surface area is 158 Å². The number of hydrogen-bond donors (Lipinski definition) is 2. The molecule has 1 heterocycles. The molecule has 25 heavy (non-hydrogen) atoms. The number of hydrogen-bond acceptors (Lipinski definition) is 5. The van der Waals surface area contributed by atoms with Crippen LogP contribution >= 0.6 is 24.0 Å². The first-order chi connectivity index (χ1) is 11.5. The Hall–Kier alpha value is -1.70. The van der Waals surface area contributed by atoms with E-state index in [1.54, 1.807) is 6.07 Å². The second kappa shape index (κ2) is 9.70. The number of rotatable bonds is 7. The third-order valence-corrected chi connectivity index (χ3v) is 4.19. The van der Waals surface area contributed by atoms with Gasteiger partial charge in [0, 0.05) is 24.7 Å². The van der Waals surface area contributed by atoms with Crippen molar-refractivity contribution in [2.75, 3.05) is 33.9 Å². The topological polar surface area (TPSA) is 93.9 Å². The highest BCUT2D eigenvalue weighted by molar-refractivity contribution is 6.32. The fraction of sp³-hybridized carbons (Fsp3) is 0.500. The molecule has 2 rings (SSSR count). The van der Waals surface area contributed by atoms with Crippen LogP contribution in [0.2, 0.25) is 5.02 Å². The summed E-state index contributed by atoms with van der Waals surface area (Å²) in [4.78, 5) is 25.5. The number of carbonyl (C=O) groups is 2. The molecular formula is C16H23Cl2N3O4. The molecule has 3 N–H and O–H groups in total. The van der Waals surface area contributed by atoms with E-state index in [-0.39, 0.29) is 47.5 Å². The maximum absolute atomic E-state index is 12.8. The number of carbonyl (C=O) groups excluding carboxylic acids is 2. The van der Waals surface area contributed by atoms with Crippen LogP contribution in [0.15, 0.2) is 12.1 Å². The van der Waals surface area contributed by atoms with Crippen LogP contribution in [-0.2, 0) is 4.79 Å². The molecule has 0 spiro atoms. The standard InChI is InChI=1S/C16H22ClN3O4.ClH/c1-19-8-11-4-3-5-20(11)16(22)10-6-12(17)15(13(7-10)23-2)24-9-14(18)21;/h6-7,11,19H,3-5,8-9H2,1-2H3,(H2,18,21);1H. The number of halogens is 2. The zero-order valence-electron chi connectivity index (χ0n) is 14.2. The van der Waals surface area contributed by atoms with Gasteiger partial charge in [0.2, 0.25) is 0 Å². The molecule has 2 amide bonds. The van der Waals surface area contributed by atoms with E-state index in [9.17, 15) is 9.59 Å². The predicted molar refractivity (Wildman–Crippen MR) is 97.9 cm³/mol. The summed E-state index contributed by atoms with van der Waals surface area (Å²) < 4.78 is 10.5. The molecule has 140 valence electrons. The van der Waals surface area contributed by atoms with Crippen molar-refractivity contribution in [2.45, 2.75) is 18.9 Å². The van der Waals surface area contributed by atoms with Crippen LogP contribution in [0, 0.1) is 0 Å². The average Bonchev–Trinajstić information content (AvgIpc) is 3.00. The largest absolute Gasteiger partial charge is 0.493 e. The number of methoxy groups -OCH3 is 1. The van der Waals surface area contributed by atoms with Crippen LogP contribution < -0.4 is 20.5 Å². The van der Waals surface area contributed by atoms with Gasteiger partial charge in [0.15, 0.2) is 18.1 Å². The molecule has 0 aliphatic carbocycles. The second-order valence-electron chi connectivity index (χ2n) is 5.60. The van der Waals surface area contributed by atoms with Crippen molar-refractivity contribution in [3.05, 3.63) is 22.7 Å². The molecule has 1 aromatic carbocycles. The van der Waals surface area contributed by atoms with Crippen molar-refractivity contribution >= 4 is 35.8 Å². The highest BCUT2D eigenvalue weighted by atomic mass is 35.5. The Morgan fingerprint density at radius 1 is 1.44 bits per heavy atom. The maximum atomic E-state index is 12.8. The van der Waals surface area contributed by atoms with Gasteiger partial charge in [-0.15, -0.1) is 12.4 Å². The van der Waals surface area contributed by atoms with Crippen molar-refractivity contribution in [3.8, 4) is 11.5 Å². The Bertz CT molecular complexity index is 628. The number of amides is 2. The maximum Gasteiger partial charge on any atom is 0.255 e. The third kappa shape index (κ3) is 5.14. The van der Waals surface area contributed by atoms with E-state index in [0.29, 0.717) is 12.1 Å².